The number of imidazole rings is 1. The maximum atomic E-state index is 10.5. The fraction of sp³-hybridized carbons (Fsp3) is 0.381. The molecule has 0 amide bonds. The zero-order chi connectivity index (χ0) is 19.1. The molecular weight excluding hydrogens is 344 g/mol. The number of fused-ring (bicyclic) bond motifs is 1. The molecule has 0 aliphatic rings. The molecule has 2 aromatic carbocycles. The molecular formula is C21H26N2O4. The number of para-hydroxylation sites is 2. The highest BCUT2D eigenvalue weighted by molar-refractivity contribution is 5.75. The molecule has 0 radical (unpaired) electrons. The summed E-state index contributed by atoms with van der Waals surface area (Å²) in [4.78, 5) is 4.63. The van der Waals surface area contributed by atoms with Crippen LogP contribution in [0.2, 0.25) is 0 Å². The van der Waals surface area contributed by atoms with Crippen molar-refractivity contribution in [3.05, 3.63) is 54.4 Å². The maximum Gasteiger partial charge on any atom is 0.119 e. The Bertz CT molecular complexity index is 845. The smallest absolute Gasteiger partial charge is 0.119 e. The average Bonchev–Trinajstić information content (AvgIpc) is 3.03. The van der Waals surface area contributed by atoms with Crippen molar-refractivity contribution in [3.63, 3.8) is 0 Å². The second-order valence-corrected chi connectivity index (χ2v) is 6.32. The number of aliphatic hydroxyl groups is 2. The summed E-state index contributed by atoms with van der Waals surface area (Å²) in [6.45, 7) is 3.25. The topological polar surface area (TPSA) is 76.7 Å². The molecule has 0 fully saturated rings. The zero-order valence-corrected chi connectivity index (χ0v) is 15.5. The van der Waals surface area contributed by atoms with E-state index in [1.807, 2.05) is 60.0 Å². The van der Waals surface area contributed by atoms with Crippen LogP contribution in [-0.4, -0.2) is 45.7 Å². The van der Waals surface area contributed by atoms with Crippen LogP contribution in [0.5, 0.6) is 11.5 Å². The Labute approximate surface area is 159 Å². The standard InChI is InChI=1S/C21H26N2O4/c1-2-26-17-9-11-18(12-10-17)27-15-16(25)14-23-20-7-4-3-6-19(20)22-21(23)8-5-13-24/h3-4,6-7,9-12,16,24-25H,2,5,8,13-15H2,1H3/t16-/m1/s1. The first-order valence-electron chi connectivity index (χ1n) is 9.30. The van der Waals surface area contributed by atoms with Crippen LogP contribution < -0.4 is 9.47 Å². The van der Waals surface area contributed by atoms with E-state index in [2.05, 4.69) is 4.98 Å². The molecule has 0 bridgehead atoms. The molecule has 6 heteroatoms. The highest BCUT2D eigenvalue weighted by atomic mass is 16.5. The number of nitrogens with zero attached hydrogens (tertiary/aromatic N) is 2. The van der Waals surface area contributed by atoms with Crippen molar-refractivity contribution in [2.24, 2.45) is 0 Å². The van der Waals surface area contributed by atoms with Gasteiger partial charge in [0.2, 0.25) is 0 Å². The van der Waals surface area contributed by atoms with E-state index in [-0.39, 0.29) is 13.2 Å². The summed E-state index contributed by atoms with van der Waals surface area (Å²) in [7, 11) is 0. The van der Waals surface area contributed by atoms with Crippen molar-refractivity contribution in [3.8, 4) is 11.5 Å². The molecule has 0 spiro atoms. The van der Waals surface area contributed by atoms with Crippen LogP contribution in [0.25, 0.3) is 11.0 Å². The molecule has 3 rings (SSSR count). The molecule has 144 valence electrons. The van der Waals surface area contributed by atoms with E-state index in [1.165, 1.54) is 0 Å². The van der Waals surface area contributed by atoms with E-state index in [1.54, 1.807) is 0 Å². The lowest BCUT2D eigenvalue weighted by molar-refractivity contribution is 0.0926. The third kappa shape index (κ3) is 4.99. The Morgan fingerprint density at radius 3 is 2.44 bits per heavy atom. The minimum Gasteiger partial charge on any atom is -0.494 e. The van der Waals surface area contributed by atoms with E-state index >= 15 is 0 Å². The molecule has 1 atom stereocenters. The van der Waals surface area contributed by atoms with Gasteiger partial charge in [-0.1, -0.05) is 12.1 Å². The van der Waals surface area contributed by atoms with Gasteiger partial charge in [0.15, 0.2) is 0 Å². The van der Waals surface area contributed by atoms with Crippen molar-refractivity contribution < 1.29 is 19.7 Å². The third-order valence-electron chi connectivity index (χ3n) is 4.26. The van der Waals surface area contributed by atoms with Crippen molar-refractivity contribution in [1.29, 1.82) is 0 Å². The van der Waals surface area contributed by atoms with E-state index in [4.69, 9.17) is 14.6 Å². The molecule has 0 aliphatic heterocycles. The number of aliphatic hydroxyl groups excluding tert-OH is 2. The van der Waals surface area contributed by atoms with Crippen molar-refractivity contribution in [2.75, 3.05) is 19.8 Å². The van der Waals surface area contributed by atoms with Gasteiger partial charge in [0.25, 0.3) is 0 Å². The second kappa shape index (κ2) is 9.39. The van der Waals surface area contributed by atoms with Gasteiger partial charge < -0.3 is 24.3 Å². The first-order valence-corrected chi connectivity index (χ1v) is 9.30. The number of ether oxygens (including phenoxy) is 2. The van der Waals surface area contributed by atoms with Gasteiger partial charge >= 0.3 is 0 Å². The van der Waals surface area contributed by atoms with E-state index < -0.39 is 6.10 Å². The lowest BCUT2D eigenvalue weighted by Gasteiger charge is -2.16. The highest BCUT2D eigenvalue weighted by Gasteiger charge is 2.14. The summed E-state index contributed by atoms with van der Waals surface area (Å²) in [6.07, 6.45) is 0.627. The monoisotopic (exact) mass is 370 g/mol. The van der Waals surface area contributed by atoms with Crippen LogP contribution in [0.3, 0.4) is 0 Å². The van der Waals surface area contributed by atoms with Gasteiger partial charge in [-0.2, -0.15) is 0 Å². The third-order valence-corrected chi connectivity index (χ3v) is 4.26. The van der Waals surface area contributed by atoms with Crippen LogP contribution in [0.1, 0.15) is 19.2 Å². The van der Waals surface area contributed by atoms with Crippen molar-refractivity contribution in [2.45, 2.75) is 32.4 Å². The second-order valence-electron chi connectivity index (χ2n) is 6.32. The Hall–Kier alpha value is -2.57. The lowest BCUT2D eigenvalue weighted by atomic mass is 10.2. The number of aryl methyl sites for hydroxylation is 1. The van der Waals surface area contributed by atoms with E-state index in [9.17, 15) is 5.11 Å². The van der Waals surface area contributed by atoms with Crippen LogP contribution >= 0.6 is 0 Å². The van der Waals surface area contributed by atoms with Gasteiger partial charge in [-0.3, -0.25) is 0 Å². The molecule has 6 nitrogen and oxygen atoms in total. The normalized spacial score (nSPS) is 12.3. The van der Waals surface area contributed by atoms with Crippen LogP contribution in [0, 0.1) is 0 Å². The van der Waals surface area contributed by atoms with Gasteiger partial charge in [0.05, 0.1) is 24.2 Å². The molecule has 0 unspecified atom stereocenters. The van der Waals surface area contributed by atoms with Gasteiger partial charge in [-0.05, 0) is 49.7 Å². The molecule has 0 aliphatic carbocycles. The number of aromatic nitrogens is 2. The maximum absolute atomic E-state index is 10.5. The Morgan fingerprint density at radius 2 is 1.74 bits per heavy atom. The Kier molecular flexibility index (Phi) is 6.68. The number of hydrogen-bond donors (Lipinski definition) is 2. The number of rotatable bonds is 10. The van der Waals surface area contributed by atoms with Crippen LogP contribution in [0.15, 0.2) is 48.5 Å². The number of benzene rings is 2. The average molecular weight is 370 g/mol. The van der Waals surface area contributed by atoms with Gasteiger partial charge in [0.1, 0.15) is 30.0 Å². The van der Waals surface area contributed by atoms with E-state index in [0.717, 1.165) is 22.6 Å². The predicted octanol–water partition coefficient (Wildman–Crippen LogP) is 2.80. The minimum atomic E-state index is -0.679. The summed E-state index contributed by atoms with van der Waals surface area (Å²) in [5, 5.41) is 19.6. The summed E-state index contributed by atoms with van der Waals surface area (Å²) in [6, 6.07) is 15.2. The molecule has 0 saturated carbocycles. The predicted molar refractivity (Wildman–Crippen MR) is 104 cm³/mol. The Morgan fingerprint density at radius 1 is 1.04 bits per heavy atom. The molecule has 3 aromatic rings. The fourth-order valence-corrected chi connectivity index (χ4v) is 3.01. The quantitative estimate of drug-likeness (QED) is 0.574. The number of hydrogen-bond acceptors (Lipinski definition) is 5. The lowest BCUT2D eigenvalue weighted by Crippen LogP contribution is -2.24. The first kappa shape index (κ1) is 19.2. The zero-order valence-electron chi connectivity index (χ0n) is 15.5. The fourth-order valence-electron chi connectivity index (χ4n) is 3.01. The summed E-state index contributed by atoms with van der Waals surface area (Å²) in [5.74, 6) is 2.35. The van der Waals surface area contributed by atoms with Gasteiger partial charge in [0, 0.05) is 13.0 Å². The largest absolute Gasteiger partial charge is 0.494 e. The molecule has 27 heavy (non-hydrogen) atoms. The van der Waals surface area contributed by atoms with Gasteiger partial charge in [-0.25, -0.2) is 4.98 Å². The Balaban J connectivity index is 1.65. The summed E-state index contributed by atoms with van der Waals surface area (Å²) in [5.41, 5.74) is 1.87. The van der Waals surface area contributed by atoms with Crippen molar-refractivity contribution >= 4 is 11.0 Å². The van der Waals surface area contributed by atoms with Gasteiger partial charge in [-0.15, -0.1) is 0 Å². The minimum absolute atomic E-state index is 0.118. The summed E-state index contributed by atoms with van der Waals surface area (Å²) < 4.78 is 13.1. The SMILES string of the molecule is CCOc1ccc(OC[C@H](O)Cn2c(CCCO)nc3ccccc32)cc1. The summed E-state index contributed by atoms with van der Waals surface area (Å²) >= 11 is 0. The molecule has 0 saturated heterocycles. The molecule has 1 heterocycles. The molecule has 1 aromatic heterocycles. The van der Waals surface area contributed by atoms with Crippen molar-refractivity contribution in [1.82, 2.24) is 9.55 Å². The molecule has 2 N–H and O–H groups in total. The van der Waals surface area contributed by atoms with Crippen LogP contribution in [0.4, 0.5) is 0 Å². The highest BCUT2D eigenvalue weighted by Crippen LogP contribution is 2.20. The van der Waals surface area contributed by atoms with E-state index in [0.29, 0.717) is 31.7 Å². The first-order chi connectivity index (χ1) is 13.2. The van der Waals surface area contributed by atoms with Crippen LogP contribution in [-0.2, 0) is 13.0 Å².